The SMILES string of the molecule is CCCc1nnc(SCC(N)=O)n1CCOC. The molecule has 0 unspecified atom stereocenters. The van der Waals surface area contributed by atoms with Crippen molar-refractivity contribution in [1.82, 2.24) is 14.8 Å². The lowest BCUT2D eigenvalue weighted by Gasteiger charge is -2.08. The van der Waals surface area contributed by atoms with Gasteiger partial charge in [-0.25, -0.2) is 0 Å². The number of hydrogen-bond acceptors (Lipinski definition) is 5. The lowest BCUT2D eigenvalue weighted by Crippen LogP contribution is -2.15. The van der Waals surface area contributed by atoms with E-state index in [0.29, 0.717) is 13.2 Å². The van der Waals surface area contributed by atoms with Crippen molar-refractivity contribution in [2.24, 2.45) is 5.73 Å². The molecule has 17 heavy (non-hydrogen) atoms. The summed E-state index contributed by atoms with van der Waals surface area (Å²) >= 11 is 1.31. The molecule has 1 amide bonds. The van der Waals surface area contributed by atoms with E-state index in [1.165, 1.54) is 11.8 Å². The third-order valence-electron chi connectivity index (χ3n) is 2.13. The number of carbonyl (C=O) groups excluding carboxylic acids is 1. The summed E-state index contributed by atoms with van der Waals surface area (Å²) in [6, 6.07) is 0. The van der Waals surface area contributed by atoms with Crippen LogP contribution in [-0.2, 0) is 22.5 Å². The number of carbonyl (C=O) groups is 1. The summed E-state index contributed by atoms with van der Waals surface area (Å²) in [5.41, 5.74) is 5.11. The number of rotatable bonds is 8. The summed E-state index contributed by atoms with van der Waals surface area (Å²) in [6.07, 6.45) is 1.87. The van der Waals surface area contributed by atoms with Crippen LogP contribution in [0.2, 0.25) is 0 Å². The normalized spacial score (nSPS) is 10.7. The van der Waals surface area contributed by atoms with Crippen molar-refractivity contribution in [3.05, 3.63) is 5.82 Å². The lowest BCUT2D eigenvalue weighted by molar-refractivity contribution is -0.115. The number of thioether (sulfide) groups is 1. The Morgan fingerprint density at radius 3 is 2.88 bits per heavy atom. The number of aromatic nitrogens is 3. The highest BCUT2D eigenvalue weighted by molar-refractivity contribution is 7.99. The van der Waals surface area contributed by atoms with E-state index in [0.717, 1.165) is 23.8 Å². The molecule has 1 heterocycles. The van der Waals surface area contributed by atoms with Gasteiger partial charge in [-0.3, -0.25) is 4.79 Å². The second-order valence-electron chi connectivity index (χ2n) is 3.55. The molecule has 7 heteroatoms. The molecule has 0 aromatic carbocycles. The predicted molar refractivity (Wildman–Crippen MR) is 65.8 cm³/mol. The summed E-state index contributed by atoms with van der Waals surface area (Å²) in [5.74, 6) is 0.793. The van der Waals surface area contributed by atoms with Gasteiger partial charge >= 0.3 is 0 Å². The maximum atomic E-state index is 10.7. The first-order valence-corrected chi connectivity index (χ1v) is 6.49. The molecule has 6 nitrogen and oxygen atoms in total. The number of ether oxygens (including phenoxy) is 1. The van der Waals surface area contributed by atoms with Gasteiger partial charge in [-0.05, 0) is 6.42 Å². The quantitative estimate of drug-likeness (QED) is 0.685. The average Bonchev–Trinajstić information content (AvgIpc) is 2.67. The van der Waals surface area contributed by atoms with Crippen LogP contribution in [0.4, 0.5) is 0 Å². The number of hydrogen-bond donors (Lipinski definition) is 1. The van der Waals surface area contributed by atoms with Crippen LogP contribution in [0.5, 0.6) is 0 Å². The number of nitrogens with zero attached hydrogens (tertiary/aromatic N) is 3. The number of methoxy groups -OCH3 is 1. The molecule has 1 aromatic heterocycles. The van der Waals surface area contributed by atoms with Crippen molar-refractivity contribution in [3.63, 3.8) is 0 Å². The first-order chi connectivity index (χ1) is 8.19. The van der Waals surface area contributed by atoms with Crippen LogP contribution in [-0.4, -0.2) is 40.1 Å². The molecule has 0 aliphatic carbocycles. The maximum Gasteiger partial charge on any atom is 0.227 e. The van der Waals surface area contributed by atoms with E-state index < -0.39 is 0 Å². The second kappa shape index (κ2) is 7.29. The molecule has 96 valence electrons. The van der Waals surface area contributed by atoms with Gasteiger partial charge < -0.3 is 15.0 Å². The molecule has 0 aliphatic heterocycles. The Kier molecular flexibility index (Phi) is 5.99. The van der Waals surface area contributed by atoms with Gasteiger partial charge in [0.15, 0.2) is 5.16 Å². The molecule has 0 radical (unpaired) electrons. The molecule has 1 rings (SSSR count). The van der Waals surface area contributed by atoms with E-state index in [-0.39, 0.29) is 11.7 Å². The van der Waals surface area contributed by atoms with E-state index in [2.05, 4.69) is 17.1 Å². The highest BCUT2D eigenvalue weighted by Gasteiger charge is 2.12. The van der Waals surface area contributed by atoms with Crippen LogP contribution < -0.4 is 5.73 Å². The van der Waals surface area contributed by atoms with Crippen LogP contribution in [0.15, 0.2) is 5.16 Å². The molecule has 0 aliphatic rings. The minimum atomic E-state index is -0.353. The first kappa shape index (κ1) is 14.0. The fourth-order valence-corrected chi connectivity index (χ4v) is 2.10. The van der Waals surface area contributed by atoms with Crippen molar-refractivity contribution in [2.75, 3.05) is 19.5 Å². The number of amides is 1. The summed E-state index contributed by atoms with van der Waals surface area (Å²) in [6.45, 7) is 3.38. The molecule has 0 saturated heterocycles. The monoisotopic (exact) mass is 258 g/mol. The first-order valence-electron chi connectivity index (χ1n) is 5.51. The standard InChI is InChI=1S/C10H18N4O2S/c1-3-4-9-12-13-10(17-7-8(11)15)14(9)5-6-16-2/h3-7H2,1-2H3,(H2,11,15). The van der Waals surface area contributed by atoms with Crippen LogP contribution in [0.25, 0.3) is 0 Å². The molecular weight excluding hydrogens is 240 g/mol. The zero-order valence-electron chi connectivity index (χ0n) is 10.2. The van der Waals surface area contributed by atoms with Gasteiger partial charge in [-0.15, -0.1) is 10.2 Å². The summed E-state index contributed by atoms with van der Waals surface area (Å²) in [7, 11) is 1.65. The molecule has 0 bridgehead atoms. The van der Waals surface area contributed by atoms with Crippen LogP contribution >= 0.6 is 11.8 Å². The van der Waals surface area contributed by atoms with Crippen molar-refractivity contribution in [1.29, 1.82) is 0 Å². The Bertz CT molecular complexity index is 367. The van der Waals surface area contributed by atoms with Crippen molar-refractivity contribution in [3.8, 4) is 0 Å². The number of aryl methyl sites for hydroxylation is 1. The third kappa shape index (κ3) is 4.35. The zero-order chi connectivity index (χ0) is 12.7. The molecule has 1 aromatic rings. The highest BCUT2D eigenvalue weighted by Crippen LogP contribution is 2.17. The maximum absolute atomic E-state index is 10.7. The fourth-order valence-electron chi connectivity index (χ4n) is 1.38. The number of nitrogens with two attached hydrogens (primary N) is 1. The Labute approximate surface area is 105 Å². The van der Waals surface area contributed by atoms with E-state index in [1.807, 2.05) is 4.57 Å². The topological polar surface area (TPSA) is 83.0 Å². The largest absolute Gasteiger partial charge is 0.383 e. The minimum Gasteiger partial charge on any atom is -0.383 e. The lowest BCUT2D eigenvalue weighted by atomic mass is 10.3. The van der Waals surface area contributed by atoms with Gasteiger partial charge in [0.05, 0.1) is 12.4 Å². The van der Waals surface area contributed by atoms with E-state index >= 15 is 0 Å². The molecule has 2 N–H and O–H groups in total. The van der Waals surface area contributed by atoms with Crippen LogP contribution in [0.3, 0.4) is 0 Å². The van der Waals surface area contributed by atoms with Gasteiger partial charge in [0.1, 0.15) is 5.82 Å². The van der Waals surface area contributed by atoms with Gasteiger partial charge in [-0.1, -0.05) is 18.7 Å². The summed E-state index contributed by atoms with van der Waals surface area (Å²) in [4.78, 5) is 10.7. The van der Waals surface area contributed by atoms with Crippen LogP contribution in [0, 0.1) is 0 Å². The number of primary amides is 1. The molecule has 0 spiro atoms. The van der Waals surface area contributed by atoms with E-state index in [1.54, 1.807) is 7.11 Å². The molecule has 0 fully saturated rings. The Balaban J connectivity index is 2.75. The highest BCUT2D eigenvalue weighted by atomic mass is 32.2. The van der Waals surface area contributed by atoms with Crippen molar-refractivity contribution in [2.45, 2.75) is 31.5 Å². The van der Waals surface area contributed by atoms with Gasteiger partial charge in [0.25, 0.3) is 0 Å². The van der Waals surface area contributed by atoms with Crippen molar-refractivity contribution < 1.29 is 9.53 Å². The molecule has 0 saturated carbocycles. The van der Waals surface area contributed by atoms with Gasteiger partial charge in [0.2, 0.25) is 5.91 Å². The Hall–Kier alpha value is -1.08. The molecular formula is C10H18N4O2S. The zero-order valence-corrected chi connectivity index (χ0v) is 11.0. The smallest absolute Gasteiger partial charge is 0.227 e. The van der Waals surface area contributed by atoms with Crippen molar-refractivity contribution >= 4 is 17.7 Å². The van der Waals surface area contributed by atoms with E-state index in [9.17, 15) is 4.79 Å². The van der Waals surface area contributed by atoms with E-state index in [4.69, 9.17) is 10.5 Å². The molecule has 0 atom stereocenters. The summed E-state index contributed by atoms with van der Waals surface area (Å²) in [5, 5.41) is 8.92. The van der Waals surface area contributed by atoms with Gasteiger partial charge in [-0.2, -0.15) is 0 Å². The third-order valence-corrected chi connectivity index (χ3v) is 3.12. The minimum absolute atomic E-state index is 0.219. The Morgan fingerprint density at radius 2 is 2.29 bits per heavy atom. The Morgan fingerprint density at radius 1 is 1.53 bits per heavy atom. The van der Waals surface area contributed by atoms with Crippen LogP contribution in [0.1, 0.15) is 19.2 Å². The predicted octanol–water partition coefficient (Wildman–Crippen LogP) is 0.454. The fraction of sp³-hybridized carbons (Fsp3) is 0.700. The second-order valence-corrected chi connectivity index (χ2v) is 4.49. The van der Waals surface area contributed by atoms with Gasteiger partial charge in [0, 0.05) is 20.1 Å². The average molecular weight is 258 g/mol. The summed E-state index contributed by atoms with van der Waals surface area (Å²) < 4.78 is 7.04.